The van der Waals surface area contributed by atoms with Crippen molar-refractivity contribution in [3.05, 3.63) is 18.0 Å². The fourth-order valence-electron chi connectivity index (χ4n) is 1.33. The number of aryl methyl sites for hydroxylation is 1. The minimum absolute atomic E-state index is 0.122. The van der Waals surface area contributed by atoms with Crippen LogP contribution in [0.1, 0.15) is 12.6 Å². The molecule has 0 aliphatic carbocycles. The molecule has 1 aromatic heterocycles. The standard InChI is InChI=1S/C11H18N4O3/c1-3-18-10(16)8-13-11(17)12-6-4-9-5-7-15(2)14-9/h5,7H,3-4,6,8H2,1-2H3,(H2,12,13,17). The quantitative estimate of drug-likeness (QED) is 0.690. The molecule has 0 spiro atoms. The van der Waals surface area contributed by atoms with E-state index in [0.29, 0.717) is 19.6 Å². The van der Waals surface area contributed by atoms with Crippen LogP contribution in [-0.2, 0) is 23.0 Å². The highest BCUT2D eigenvalue weighted by Crippen LogP contribution is 1.93. The fraction of sp³-hybridized carbons (Fsp3) is 0.545. The van der Waals surface area contributed by atoms with Crippen molar-refractivity contribution < 1.29 is 14.3 Å². The number of esters is 1. The molecule has 0 bridgehead atoms. The van der Waals surface area contributed by atoms with Gasteiger partial charge in [-0.3, -0.25) is 9.48 Å². The first-order valence-corrected chi connectivity index (χ1v) is 5.77. The molecule has 1 heterocycles. The van der Waals surface area contributed by atoms with Crippen molar-refractivity contribution in [1.82, 2.24) is 20.4 Å². The smallest absolute Gasteiger partial charge is 0.325 e. The summed E-state index contributed by atoms with van der Waals surface area (Å²) in [6.07, 6.45) is 2.49. The lowest BCUT2D eigenvalue weighted by molar-refractivity contribution is -0.141. The van der Waals surface area contributed by atoms with E-state index in [0.717, 1.165) is 5.69 Å². The molecule has 0 aromatic carbocycles. The molecule has 0 aliphatic heterocycles. The zero-order chi connectivity index (χ0) is 13.4. The Labute approximate surface area is 105 Å². The van der Waals surface area contributed by atoms with Gasteiger partial charge in [0.15, 0.2) is 0 Å². The van der Waals surface area contributed by atoms with Gasteiger partial charge in [-0.2, -0.15) is 5.10 Å². The molecule has 1 rings (SSSR count). The Hall–Kier alpha value is -2.05. The molecule has 0 radical (unpaired) electrons. The highest BCUT2D eigenvalue weighted by Gasteiger charge is 2.05. The van der Waals surface area contributed by atoms with Crippen LogP contribution in [0.3, 0.4) is 0 Å². The van der Waals surface area contributed by atoms with Crippen LogP contribution in [0, 0.1) is 0 Å². The molecular formula is C11H18N4O3. The van der Waals surface area contributed by atoms with Gasteiger partial charge in [-0.05, 0) is 13.0 Å². The van der Waals surface area contributed by atoms with Crippen LogP contribution >= 0.6 is 0 Å². The van der Waals surface area contributed by atoms with Crippen molar-refractivity contribution >= 4 is 12.0 Å². The van der Waals surface area contributed by atoms with Crippen LogP contribution in [0.2, 0.25) is 0 Å². The van der Waals surface area contributed by atoms with E-state index in [1.807, 2.05) is 19.3 Å². The Morgan fingerprint density at radius 1 is 1.44 bits per heavy atom. The van der Waals surface area contributed by atoms with E-state index in [2.05, 4.69) is 20.5 Å². The van der Waals surface area contributed by atoms with Gasteiger partial charge in [0, 0.05) is 26.2 Å². The van der Waals surface area contributed by atoms with E-state index in [4.69, 9.17) is 0 Å². The second-order valence-electron chi connectivity index (χ2n) is 3.65. The zero-order valence-electron chi connectivity index (χ0n) is 10.6. The van der Waals surface area contributed by atoms with Gasteiger partial charge in [0.2, 0.25) is 0 Å². The molecule has 0 aliphatic rings. The molecule has 1 aromatic rings. The Morgan fingerprint density at radius 2 is 2.22 bits per heavy atom. The number of urea groups is 1. The number of hydrogen-bond acceptors (Lipinski definition) is 4. The average Bonchev–Trinajstić information content (AvgIpc) is 2.73. The third-order valence-electron chi connectivity index (χ3n) is 2.13. The van der Waals surface area contributed by atoms with Crippen molar-refractivity contribution in [2.45, 2.75) is 13.3 Å². The van der Waals surface area contributed by atoms with Crippen LogP contribution in [-0.4, -0.2) is 41.5 Å². The molecule has 0 fully saturated rings. The molecule has 18 heavy (non-hydrogen) atoms. The van der Waals surface area contributed by atoms with Crippen LogP contribution in [0.4, 0.5) is 4.79 Å². The van der Waals surface area contributed by atoms with E-state index in [-0.39, 0.29) is 12.6 Å². The maximum atomic E-state index is 11.3. The number of carbonyl (C=O) groups excluding carboxylic acids is 2. The van der Waals surface area contributed by atoms with Gasteiger partial charge in [-0.15, -0.1) is 0 Å². The summed E-state index contributed by atoms with van der Waals surface area (Å²) in [4.78, 5) is 22.3. The topological polar surface area (TPSA) is 85.2 Å². The number of carbonyl (C=O) groups is 2. The molecule has 2 N–H and O–H groups in total. The third-order valence-corrected chi connectivity index (χ3v) is 2.13. The van der Waals surface area contributed by atoms with Gasteiger partial charge in [0.05, 0.1) is 12.3 Å². The van der Waals surface area contributed by atoms with Gasteiger partial charge in [0.1, 0.15) is 6.54 Å². The van der Waals surface area contributed by atoms with Crippen LogP contribution in [0.25, 0.3) is 0 Å². The molecule has 0 saturated heterocycles. The summed E-state index contributed by atoms with van der Waals surface area (Å²) in [5, 5.41) is 9.22. The average molecular weight is 254 g/mol. The van der Waals surface area contributed by atoms with E-state index < -0.39 is 5.97 Å². The molecule has 0 atom stereocenters. The first kappa shape index (κ1) is 14.0. The second kappa shape index (κ2) is 7.31. The number of nitrogens with one attached hydrogen (secondary N) is 2. The zero-order valence-corrected chi connectivity index (χ0v) is 10.6. The highest BCUT2D eigenvalue weighted by molar-refractivity contribution is 5.80. The van der Waals surface area contributed by atoms with Crippen molar-refractivity contribution in [3.63, 3.8) is 0 Å². The largest absolute Gasteiger partial charge is 0.465 e. The second-order valence-corrected chi connectivity index (χ2v) is 3.65. The van der Waals surface area contributed by atoms with Crippen molar-refractivity contribution in [1.29, 1.82) is 0 Å². The highest BCUT2D eigenvalue weighted by atomic mass is 16.5. The van der Waals surface area contributed by atoms with Gasteiger partial charge in [-0.25, -0.2) is 4.79 Å². The summed E-state index contributed by atoms with van der Waals surface area (Å²) < 4.78 is 6.38. The number of rotatable bonds is 6. The molecular weight excluding hydrogens is 236 g/mol. The number of hydrogen-bond donors (Lipinski definition) is 2. The van der Waals surface area contributed by atoms with Crippen molar-refractivity contribution in [2.24, 2.45) is 7.05 Å². The van der Waals surface area contributed by atoms with Crippen LogP contribution in [0.15, 0.2) is 12.3 Å². The number of ether oxygens (including phenoxy) is 1. The maximum Gasteiger partial charge on any atom is 0.325 e. The lowest BCUT2D eigenvalue weighted by Gasteiger charge is -2.06. The number of amides is 2. The van der Waals surface area contributed by atoms with Crippen LogP contribution < -0.4 is 10.6 Å². The minimum atomic E-state index is -0.447. The molecule has 0 unspecified atom stereocenters. The minimum Gasteiger partial charge on any atom is -0.465 e. The summed E-state index contributed by atoms with van der Waals surface area (Å²) in [6, 6.07) is 1.50. The van der Waals surface area contributed by atoms with Gasteiger partial charge >= 0.3 is 12.0 Å². The van der Waals surface area contributed by atoms with Crippen molar-refractivity contribution in [3.8, 4) is 0 Å². The molecule has 7 heteroatoms. The monoisotopic (exact) mass is 254 g/mol. The van der Waals surface area contributed by atoms with Crippen LogP contribution in [0.5, 0.6) is 0 Å². The SMILES string of the molecule is CCOC(=O)CNC(=O)NCCc1ccn(C)n1. The predicted octanol–water partition coefficient (Wildman–Crippen LogP) is -0.175. The Bertz CT molecular complexity index is 403. The van der Waals surface area contributed by atoms with Gasteiger partial charge in [-0.1, -0.05) is 0 Å². The lowest BCUT2D eigenvalue weighted by Crippen LogP contribution is -2.39. The van der Waals surface area contributed by atoms with E-state index in [1.165, 1.54) is 0 Å². The van der Waals surface area contributed by atoms with Crippen molar-refractivity contribution in [2.75, 3.05) is 19.7 Å². The molecule has 100 valence electrons. The van der Waals surface area contributed by atoms with E-state index in [9.17, 15) is 9.59 Å². The lowest BCUT2D eigenvalue weighted by atomic mass is 10.3. The molecule has 2 amide bonds. The molecule has 0 saturated carbocycles. The Balaban J connectivity index is 2.12. The Kier molecular flexibility index (Phi) is 5.69. The fourth-order valence-corrected chi connectivity index (χ4v) is 1.33. The maximum absolute atomic E-state index is 11.3. The predicted molar refractivity (Wildman–Crippen MR) is 64.9 cm³/mol. The van der Waals surface area contributed by atoms with Gasteiger partial charge < -0.3 is 15.4 Å². The van der Waals surface area contributed by atoms with Gasteiger partial charge in [0.25, 0.3) is 0 Å². The normalized spacial score (nSPS) is 9.89. The summed E-state index contributed by atoms with van der Waals surface area (Å²) in [5.41, 5.74) is 0.906. The van der Waals surface area contributed by atoms with E-state index >= 15 is 0 Å². The summed E-state index contributed by atoms with van der Waals surface area (Å²) in [7, 11) is 1.84. The third kappa shape index (κ3) is 5.33. The first-order valence-electron chi connectivity index (χ1n) is 5.77. The first-order chi connectivity index (χ1) is 8.61. The Morgan fingerprint density at radius 3 is 2.83 bits per heavy atom. The summed E-state index contributed by atoms with van der Waals surface area (Å²) >= 11 is 0. The number of aromatic nitrogens is 2. The molecule has 7 nitrogen and oxygen atoms in total. The summed E-state index contributed by atoms with van der Waals surface area (Å²) in [5.74, 6) is -0.447. The summed E-state index contributed by atoms with van der Waals surface area (Å²) in [6.45, 7) is 2.36. The van der Waals surface area contributed by atoms with E-state index in [1.54, 1.807) is 11.6 Å². The number of nitrogens with zero attached hydrogens (tertiary/aromatic N) is 2.